The van der Waals surface area contributed by atoms with Gasteiger partial charge in [0.2, 0.25) is 0 Å². The van der Waals surface area contributed by atoms with Crippen molar-refractivity contribution in [1.29, 1.82) is 0 Å². The van der Waals surface area contributed by atoms with Crippen molar-refractivity contribution in [2.24, 2.45) is 5.73 Å². The van der Waals surface area contributed by atoms with E-state index in [4.69, 9.17) is 27.7 Å². The summed E-state index contributed by atoms with van der Waals surface area (Å²) in [5.41, 5.74) is 6.75. The van der Waals surface area contributed by atoms with Gasteiger partial charge in [0, 0.05) is 12.0 Å². The summed E-state index contributed by atoms with van der Waals surface area (Å²) >= 11 is 6.70. The summed E-state index contributed by atoms with van der Waals surface area (Å²) in [5, 5.41) is 1.02. The van der Waals surface area contributed by atoms with Crippen LogP contribution in [0.5, 0.6) is 0 Å². The van der Waals surface area contributed by atoms with Gasteiger partial charge < -0.3 is 10.5 Å². The van der Waals surface area contributed by atoms with Gasteiger partial charge in [-0.15, -0.1) is 11.3 Å². The highest BCUT2D eigenvalue weighted by Crippen LogP contribution is 2.36. The molecule has 0 aromatic carbocycles. The lowest BCUT2D eigenvalue weighted by Gasteiger charge is -2.17. The third-order valence-electron chi connectivity index (χ3n) is 2.78. The number of thiocarbonyl (C=S) groups is 1. The molecule has 17 heavy (non-hydrogen) atoms. The lowest BCUT2D eigenvalue weighted by Crippen LogP contribution is -2.19. The van der Waals surface area contributed by atoms with E-state index < -0.39 is 0 Å². The number of aromatic nitrogens is 1. The Morgan fingerprint density at radius 1 is 1.53 bits per heavy atom. The molecule has 0 aliphatic carbocycles. The van der Waals surface area contributed by atoms with Crippen LogP contribution in [0.3, 0.4) is 0 Å². The topological polar surface area (TPSA) is 48.1 Å². The van der Waals surface area contributed by atoms with Crippen molar-refractivity contribution in [3.8, 4) is 0 Å². The molecule has 3 nitrogen and oxygen atoms in total. The molecule has 1 aromatic rings. The monoisotopic (exact) mass is 270 g/mol. The maximum absolute atomic E-state index is 5.78. The zero-order valence-corrected chi connectivity index (χ0v) is 12.1. The van der Waals surface area contributed by atoms with E-state index in [0.29, 0.717) is 4.99 Å². The van der Waals surface area contributed by atoms with E-state index in [2.05, 4.69) is 20.8 Å². The summed E-state index contributed by atoms with van der Waals surface area (Å²) in [7, 11) is 0. The molecule has 1 unspecified atom stereocenters. The molecule has 0 amide bonds. The Labute approximate surface area is 111 Å². The molecule has 0 bridgehead atoms. The van der Waals surface area contributed by atoms with E-state index in [0.717, 1.165) is 35.0 Å². The summed E-state index contributed by atoms with van der Waals surface area (Å²) in [6.45, 7) is 7.22. The minimum atomic E-state index is -0.0356. The van der Waals surface area contributed by atoms with Crippen LogP contribution in [0.2, 0.25) is 0 Å². The molecule has 1 aliphatic heterocycles. The number of nitrogens with two attached hydrogens (primary N) is 1. The van der Waals surface area contributed by atoms with Gasteiger partial charge in [0.25, 0.3) is 0 Å². The van der Waals surface area contributed by atoms with Crippen molar-refractivity contribution in [3.63, 3.8) is 0 Å². The molecule has 94 valence electrons. The smallest absolute Gasteiger partial charge is 0.122 e. The Morgan fingerprint density at radius 3 is 2.65 bits per heavy atom. The molecule has 1 aliphatic rings. The fourth-order valence-electron chi connectivity index (χ4n) is 1.92. The first-order chi connectivity index (χ1) is 7.89. The van der Waals surface area contributed by atoms with Gasteiger partial charge in [-0.1, -0.05) is 33.0 Å². The molecule has 2 heterocycles. The van der Waals surface area contributed by atoms with E-state index >= 15 is 0 Å². The number of ether oxygens (including phenoxy) is 1. The summed E-state index contributed by atoms with van der Waals surface area (Å²) in [6.07, 6.45) is 2.30. The lowest BCUT2D eigenvalue weighted by atomic mass is 9.91. The van der Waals surface area contributed by atoms with Crippen LogP contribution in [0, 0.1) is 0 Å². The molecule has 1 atom stereocenters. The molecule has 1 fully saturated rings. The minimum Gasteiger partial charge on any atom is -0.389 e. The van der Waals surface area contributed by atoms with E-state index in [1.165, 1.54) is 0 Å². The van der Waals surface area contributed by atoms with Crippen LogP contribution in [-0.2, 0) is 10.2 Å². The minimum absolute atomic E-state index is 0.0356. The first kappa shape index (κ1) is 12.9. The van der Waals surface area contributed by atoms with Crippen LogP contribution >= 0.6 is 23.6 Å². The van der Waals surface area contributed by atoms with Crippen molar-refractivity contribution in [3.05, 3.63) is 15.6 Å². The first-order valence-corrected chi connectivity index (χ1v) is 7.04. The van der Waals surface area contributed by atoms with Gasteiger partial charge in [0.05, 0.1) is 10.6 Å². The zero-order valence-electron chi connectivity index (χ0n) is 10.4. The summed E-state index contributed by atoms with van der Waals surface area (Å²) in [6, 6.07) is 0. The fourth-order valence-corrected chi connectivity index (χ4v) is 3.36. The van der Waals surface area contributed by atoms with E-state index in [-0.39, 0.29) is 11.5 Å². The predicted molar refractivity (Wildman–Crippen MR) is 74.6 cm³/mol. The van der Waals surface area contributed by atoms with Gasteiger partial charge in [-0.3, -0.25) is 0 Å². The van der Waals surface area contributed by atoms with E-state index in [9.17, 15) is 0 Å². The van der Waals surface area contributed by atoms with Crippen molar-refractivity contribution >= 4 is 28.5 Å². The van der Waals surface area contributed by atoms with Gasteiger partial charge in [-0.2, -0.15) is 0 Å². The van der Waals surface area contributed by atoms with Gasteiger partial charge in [-0.25, -0.2) is 4.98 Å². The van der Waals surface area contributed by atoms with Crippen LogP contribution in [0.25, 0.3) is 0 Å². The summed E-state index contributed by atoms with van der Waals surface area (Å²) < 4.78 is 5.66. The standard InChI is InChI=1S/C12H18N2OS2/c1-12(2,3)9-8(10(13)16)17-11(14-9)7-5-4-6-15-7/h7H,4-6H2,1-3H3,(H2,13,16). The summed E-state index contributed by atoms with van der Waals surface area (Å²) in [5.74, 6) is 0. The van der Waals surface area contributed by atoms with Crippen LogP contribution in [0.1, 0.15) is 55.3 Å². The molecule has 0 saturated carbocycles. The van der Waals surface area contributed by atoms with Crippen molar-refractivity contribution in [2.45, 2.75) is 45.1 Å². The maximum atomic E-state index is 5.78. The molecular formula is C12H18N2OS2. The second kappa shape index (κ2) is 4.63. The quantitative estimate of drug-likeness (QED) is 0.839. The lowest BCUT2D eigenvalue weighted by molar-refractivity contribution is 0.111. The van der Waals surface area contributed by atoms with Crippen molar-refractivity contribution in [1.82, 2.24) is 4.98 Å². The number of nitrogens with zero attached hydrogens (tertiary/aromatic N) is 1. The fraction of sp³-hybridized carbons (Fsp3) is 0.667. The van der Waals surface area contributed by atoms with Crippen LogP contribution in [-0.4, -0.2) is 16.6 Å². The molecular weight excluding hydrogens is 252 g/mol. The Balaban J connectivity index is 2.40. The molecule has 1 aromatic heterocycles. The highest BCUT2D eigenvalue weighted by atomic mass is 32.1. The number of hydrogen-bond acceptors (Lipinski definition) is 4. The van der Waals surface area contributed by atoms with Crippen LogP contribution < -0.4 is 5.73 Å². The van der Waals surface area contributed by atoms with Gasteiger partial charge in [-0.05, 0) is 12.8 Å². The van der Waals surface area contributed by atoms with Gasteiger partial charge >= 0.3 is 0 Å². The maximum Gasteiger partial charge on any atom is 0.122 e. The van der Waals surface area contributed by atoms with Crippen LogP contribution in [0.4, 0.5) is 0 Å². The molecule has 2 N–H and O–H groups in total. The number of hydrogen-bond donors (Lipinski definition) is 1. The van der Waals surface area contributed by atoms with Crippen molar-refractivity contribution < 1.29 is 4.74 Å². The normalized spacial score (nSPS) is 20.8. The first-order valence-electron chi connectivity index (χ1n) is 5.82. The largest absolute Gasteiger partial charge is 0.389 e. The Bertz CT molecular complexity index is 428. The third-order valence-corrected chi connectivity index (χ3v) is 4.30. The zero-order chi connectivity index (χ0) is 12.6. The highest BCUT2D eigenvalue weighted by molar-refractivity contribution is 7.81. The summed E-state index contributed by atoms with van der Waals surface area (Å²) in [4.78, 5) is 6.09. The molecule has 1 saturated heterocycles. The second-order valence-corrected chi connectivity index (χ2v) is 6.82. The van der Waals surface area contributed by atoms with E-state index in [1.54, 1.807) is 11.3 Å². The molecule has 0 spiro atoms. The second-order valence-electron chi connectivity index (χ2n) is 5.35. The molecule has 0 radical (unpaired) electrons. The SMILES string of the molecule is CC(C)(C)c1nc(C2CCCO2)sc1C(N)=S. The molecule has 2 rings (SSSR count). The number of rotatable bonds is 2. The Kier molecular flexibility index (Phi) is 3.52. The number of thiazole rings is 1. The van der Waals surface area contributed by atoms with Crippen molar-refractivity contribution in [2.75, 3.05) is 6.61 Å². The average Bonchev–Trinajstić information content (AvgIpc) is 2.85. The van der Waals surface area contributed by atoms with Crippen LogP contribution in [0.15, 0.2) is 0 Å². The highest BCUT2D eigenvalue weighted by Gasteiger charge is 2.28. The predicted octanol–water partition coefficient (Wildman–Crippen LogP) is 2.93. The third kappa shape index (κ3) is 2.67. The molecule has 5 heteroatoms. The van der Waals surface area contributed by atoms with Gasteiger partial charge in [0.15, 0.2) is 0 Å². The average molecular weight is 270 g/mol. The van der Waals surface area contributed by atoms with Gasteiger partial charge in [0.1, 0.15) is 16.1 Å². The Hall–Kier alpha value is -0.520. The van der Waals surface area contributed by atoms with E-state index in [1.807, 2.05) is 0 Å². The Morgan fingerprint density at radius 2 is 2.24 bits per heavy atom.